The van der Waals surface area contributed by atoms with Crippen molar-refractivity contribution in [1.29, 1.82) is 0 Å². The summed E-state index contributed by atoms with van der Waals surface area (Å²) in [6, 6.07) is 23.6. The minimum absolute atomic E-state index is 0.178. The van der Waals surface area contributed by atoms with Crippen molar-refractivity contribution < 1.29 is 14.3 Å². The number of nitrogens with one attached hydrogen (secondary N) is 2. The summed E-state index contributed by atoms with van der Waals surface area (Å²) in [5.41, 5.74) is 5.43. The van der Waals surface area contributed by atoms with E-state index in [0.717, 1.165) is 39.5 Å². The summed E-state index contributed by atoms with van der Waals surface area (Å²) in [6.45, 7) is 4.36. The Kier molecular flexibility index (Phi) is 7.94. The van der Waals surface area contributed by atoms with Gasteiger partial charge in [0.2, 0.25) is 12.7 Å². The van der Waals surface area contributed by atoms with E-state index in [1.807, 2.05) is 84.1 Å². The van der Waals surface area contributed by atoms with E-state index < -0.39 is 0 Å². The highest BCUT2D eigenvalue weighted by molar-refractivity contribution is 5.89. The van der Waals surface area contributed by atoms with Gasteiger partial charge in [-0.1, -0.05) is 48.5 Å². The number of amides is 2. The van der Waals surface area contributed by atoms with Crippen LogP contribution in [-0.4, -0.2) is 64.4 Å². The molecule has 2 aromatic heterocycles. The molecule has 0 aliphatic carbocycles. The molecule has 1 aliphatic heterocycles. The number of aryl methyl sites for hydroxylation is 1. The quantitative estimate of drug-likeness (QED) is 0.235. The molecule has 1 aliphatic rings. The number of carbonyl (C=O) groups is 1. The van der Waals surface area contributed by atoms with Crippen LogP contribution in [0, 0.1) is 6.92 Å². The van der Waals surface area contributed by atoms with Crippen LogP contribution in [0.3, 0.4) is 0 Å². The molecule has 11 heteroatoms. The standard InChI is InChI=1S/C32H34N8O3/c1-22-8-7-11-25(16-22)35-32(41)39(3)15-14-38(2)31-36-29(33-18-24-12-13-26-27(17-24)43-21-42-26)28-30(37-31)40(20-34-28)19-23-9-5-4-6-10-23/h4-13,16-17,20H,14-15,18-19,21H2,1-3H3,(H,35,41)(H,33,36,37). The molecule has 11 nitrogen and oxygen atoms in total. The van der Waals surface area contributed by atoms with Gasteiger partial charge >= 0.3 is 6.03 Å². The topological polar surface area (TPSA) is 110 Å². The van der Waals surface area contributed by atoms with Gasteiger partial charge in [-0.3, -0.25) is 0 Å². The number of imidazole rings is 1. The van der Waals surface area contributed by atoms with Gasteiger partial charge in [0.05, 0.1) is 12.9 Å². The lowest BCUT2D eigenvalue weighted by molar-refractivity contribution is 0.174. The zero-order valence-electron chi connectivity index (χ0n) is 24.4. The molecule has 0 saturated carbocycles. The van der Waals surface area contributed by atoms with Gasteiger partial charge in [0.25, 0.3) is 0 Å². The number of urea groups is 1. The lowest BCUT2D eigenvalue weighted by Crippen LogP contribution is -2.37. The molecule has 43 heavy (non-hydrogen) atoms. The van der Waals surface area contributed by atoms with Crippen molar-refractivity contribution in [1.82, 2.24) is 24.4 Å². The van der Waals surface area contributed by atoms with Gasteiger partial charge in [0, 0.05) is 39.4 Å². The highest BCUT2D eigenvalue weighted by atomic mass is 16.7. The molecule has 6 rings (SSSR count). The second kappa shape index (κ2) is 12.3. The second-order valence-electron chi connectivity index (χ2n) is 10.6. The third-order valence-corrected chi connectivity index (χ3v) is 7.27. The summed E-state index contributed by atoms with van der Waals surface area (Å²) in [6.07, 6.45) is 1.80. The SMILES string of the molecule is Cc1cccc(NC(=O)N(C)CCN(C)c2nc(NCc3ccc4c(c3)OCO4)c3ncn(Cc4ccccc4)c3n2)c1. The molecule has 0 saturated heterocycles. The van der Waals surface area contributed by atoms with E-state index in [0.29, 0.717) is 43.5 Å². The molecule has 0 bridgehead atoms. The van der Waals surface area contributed by atoms with Crippen molar-refractivity contribution in [3.05, 3.63) is 95.8 Å². The van der Waals surface area contributed by atoms with Crippen LogP contribution in [-0.2, 0) is 13.1 Å². The Morgan fingerprint density at radius 3 is 2.60 bits per heavy atom. The minimum atomic E-state index is -0.178. The molecule has 5 aromatic rings. The number of ether oxygens (including phenoxy) is 2. The van der Waals surface area contributed by atoms with Crippen LogP contribution in [0.4, 0.5) is 22.2 Å². The van der Waals surface area contributed by atoms with Crippen molar-refractivity contribution in [2.45, 2.75) is 20.0 Å². The predicted octanol–water partition coefficient (Wildman–Crippen LogP) is 5.12. The second-order valence-corrected chi connectivity index (χ2v) is 10.6. The summed E-state index contributed by atoms with van der Waals surface area (Å²) in [4.78, 5) is 30.9. The molecule has 0 atom stereocenters. The Balaban J connectivity index is 1.21. The minimum Gasteiger partial charge on any atom is -0.454 e. The third kappa shape index (κ3) is 6.45. The molecule has 2 N–H and O–H groups in total. The van der Waals surface area contributed by atoms with Gasteiger partial charge in [-0.2, -0.15) is 9.97 Å². The number of benzene rings is 3. The Bertz CT molecular complexity index is 1740. The van der Waals surface area contributed by atoms with Crippen LogP contribution >= 0.6 is 0 Å². The predicted molar refractivity (Wildman–Crippen MR) is 167 cm³/mol. The lowest BCUT2D eigenvalue weighted by atomic mass is 10.2. The van der Waals surface area contributed by atoms with Crippen LogP contribution in [0.25, 0.3) is 11.2 Å². The van der Waals surface area contributed by atoms with E-state index in [9.17, 15) is 4.79 Å². The number of hydrogen-bond acceptors (Lipinski definition) is 8. The maximum atomic E-state index is 12.8. The van der Waals surface area contributed by atoms with Crippen LogP contribution in [0.1, 0.15) is 16.7 Å². The molecule has 0 spiro atoms. The first-order valence-corrected chi connectivity index (χ1v) is 14.1. The Morgan fingerprint density at radius 2 is 1.77 bits per heavy atom. The average molecular weight is 579 g/mol. The smallest absolute Gasteiger partial charge is 0.321 e. The van der Waals surface area contributed by atoms with E-state index in [1.165, 1.54) is 0 Å². The van der Waals surface area contributed by atoms with Crippen molar-refractivity contribution >= 4 is 34.6 Å². The van der Waals surface area contributed by atoms with Gasteiger partial charge < -0.3 is 34.5 Å². The van der Waals surface area contributed by atoms with E-state index in [2.05, 4.69) is 27.8 Å². The number of hydrogen-bond donors (Lipinski definition) is 2. The highest BCUT2D eigenvalue weighted by Gasteiger charge is 2.18. The average Bonchev–Trinajstić information content (AvgIpc) is 3.65. The lowest BCUT2D eigenvalue weighted by Gasteiger charge is -2.23. The molecule has 220 valence electrons. The van der Waals surface area contributed by atoms with Gasteiger partial charge in [0.1, 0.15) is 0 Å². The van der Waals surface area contributed by atoms with Gasteiger partial charge in [-0.05, 0) is 47.9 Å². The zero-order chi connectivity index (χ0) is 29.8. The maximum Gasteiger partial charge on any atom is 0.321 e. The zero-order valence-corrected chi connectivity index (χ0v) is 24.4. The first-order chi connectivity index (χ1) is 20.9. The van der Waals surface area contributed by atoms with Crippen molar-refractivity contribution in [3.8, 4) is 11.5 Å². The molecular weight excluding hydrogens is 544 g/mol. The molecule has 3 aromatic carbocycles. The van der Waals surface area contributed by atoms with E-state index in [-0.39, 0.29) is 12.8 Å². The van der Waals surface area contributed by atoms with Crippen LogP contribution in [0.5, 0.6) is 11.5 Å². The number of likely N-dealkylation sites (N-methyl/N-ethyl adjacent to an activating group) is 2. The molecule has 0 unspecified atom stereocenters. The van der Waals surface area contributed by atoms with Gasteiger partial charge in [-0.15, -0.1) is 0 Å². The monoisotopic (exact) mass is 578 g/mol. The highest BCUT2D eigenvalue weighted by Crippen LogP contribution is 2.33. The number of rotatable bonds is 10. The van der Waals surface area contributed by atoms with E-state index in [4.69, 9.17) is 19.4 Å². The third-order valence-electron chi connectivity index (χ3n) is 7.27. The van der Waals surface area contributed by atoms with Gasteiger partial charge in [0.15, 0.2) is 28.5 Å². The van der Waals surface area contributed by atoms with Crippen LogP contribution in [0.2, 0.25) is 0 Å². The Hall–Kier alpha value is -5.32. The maximum absolute atomic E-state index is 12.8. The molecular formula is C32H34N8O3. The molecule has 2 amide bonds. The Labute approximate surface area is 250 Å². The van der Waals surface area contributed by atoms with Gasteiger partial charge in [-0.25, -0.2) is 9.78 Å². The van der Waals surface area contributed by atoms with E-state index in [1.54, 1.807) is 18.3 Å². The number of anilines is 3. The van der Waals surface area contributed by atoms with Crippen molar-refractivity contribution in [2.24, 2.45) is 0 Å². The molecule has 0 fully saturated rings. The molecule has 3 heterocycles. The largest absolute Gasteiger partial charge is 0.454 e. The Morgan fingerprint density at radius 1 is 0.930 bits per heavy atom. The molecule has 0 radical (unpaired) electrons. The summed E-state index contributed by atoms with van der Waals surface area (Å²) < 4.78 is 13.0. The number of aromatic nitrogens is 4. The number of fused-ring (bicyclic) bond motifs is 2. The fourth-order valence-corrected chi connectivity index (χ4v) is 4.80. The normalized spacial score (nSPS) is 11.9. The first-order valence-electron chi connectivity index (χ1n) is 14.1. The summed E-state index contributed by atoms with van der Waals surface area (Å²) >= 11 is 0. The van der Waals surface area contributed by atoms with E-state index >= 15 is 0 Å². The summed E-state index contributed by atoms with van der Waals surface area (Å²) in [5, 5.41) is 6.41. The van der Waals surface area contributed by atoms with Crippen molar-refractivity contribution in [2.75, 3.05) is 49.5 Å². The first kappa shape index (κ1) is 27.8. The van der Waals surface area contributed by atoms with Crippen LogP contribution < -0.4 is 25.0 Å². The fraction of sp³-hybridized carbons (Fsp3) is 0.250. The number of carbonyl (C=O) groups excluding carboxylic acids is 1. The number of nitrogens with zero attached hydrogens (tertiary/aromatic N) is 6. The fourth-order valence-electron chi connectivity index (χ4n) is 4.80. The van der Waals surface area contributed by atoms with Crippen LogP contribution in [0.15, 0.2) is 79.1 Å². The van der Waals surface area contributed by atoms with Crippen molar-refractivity contribution in [3.63, 3.8) is 0 Å². The summed E-state index contributed by atoms with van der Waals surface area (Å²) in [7, 11) is 3.70. The summed E-state index contributed by atoms with van der Waals surface area (Å²) in [5.74, 6) is 2.63.